The summed E-state index contributed by atoms with van der Waals surface area (Å²) in [5.41, 5.74) is 1.92. The predicted molar refractivity (Wildman–Crippen MR) is 116 cm³/mol. The maximum atomic E-state index is 13.2. The van der Waals surface area contributed by atoms with E-state index in [0.29, 0.717) is 40.6 Å². The van der Waals surface area contributed by atoms with Crippen LogP contribution in [0.2, 0.25) is 5.02 Å². The largest absolute Gasteiger partial charge is 0.339 e. The molecule has 0 spiro atoms. The summed E-state index contributed by atoms with van der Waals surface area (Å²) in [4.78, 5) is 4.83. The third kappa shape index (κ3) is 4.29. The summed E-state index contributed by atoms with van der Waals surface area (Å²) in [6, 6.07) is 14.4. The van der Waals surface area contributed by atoms with Crippen LogP contribution in [0, 0.1) is 0 Å². The molecule has 0 bridgehead atoms. The van der Waals surface area contributed by atoms with Crippen molar-refractivity contribution in [1.29, 1.82) is 0 Å². The molecule has 1 aromatic heterocycles. The van der Waals surface area contributed by atoms with E-state index in [1.807, 2.05) is 24.3 Å². The fourth-order valence-corrected chi connectivity index (χ4v) is 5.30. The van der Waals surface area contributed by atoms with Crippen LogP contribution in [0.4, 0.5) is 0 Å². The standard InChI is InChI=1S/C22H24ClN3O3S/c1-15(2)16-7-11-20(12-8-16)30(27,28)26-13-3-4-18(14-26)22-24-21(25-29-22)17-5-9-19(23)10-6-17/h5-12,15,18H,3-4,13-14H2,1-2H3. The van der Waals surface area contributed by atoms with Crippen molar-refractivity contribution >= 4 is 21.6 Å². The second-order valence-electron chi connectivity index (χ2n) is 7.89. The van der Waals surface area contributed by atoms with Crippen LogP contribution in [0.15, 0.2) is 57.9 Å². The average molecular weight is 446 g/mol. The highest BCUT2D eigenvalue weighted by atomic mass is 35.5. The molecular formula is C22H24ClN3O3S. The third-order valence-electron chi connectivity index (χ3n) is 5.46. The van der Waals surface area contributed by atoms with E-state index in [1.54, 1.807) is 24.3 Å². The summed E-state index contributed by atoms with van der Waals surface area (Å²) in [5, 5.41) is 4.70. The Hall–Kier alpha value is -2.22. The highest BCUT2D eigenvalue weighted by Crippen LogP contribution is 2.31. The summed E-state index contributed by atoms with van der Waals surface area (Å²) in [7, 11) is -3.57. The van der Waals surface area contributed by atoms with Gasteiger partial charge in [-0.1, -0.05) is 42.7 Å². The lowest BCUT2D eigenvalue weighted by Crippen LogP contribution is -2.39. The van der Waals surface area contributed by atoms with E-state index >= 15 is 0 Å². The Balaban J connectivity index is 1.52. The zero-order valence-corrected chi connectivity index (χ0v) is 18.5. The minimum absolute atomic E-state index is 0.128. The van der Waals surface area contributed by atoms with E-state index in [-0.39, 0.29) is 5.92 Å². The molecule has 1 aliphatic rings. The van der Waals surface area contributed by atoms with Gasteiger partial charge < -0.3 is 4.52 Å². The number of hydrogen-bond acceptors (Lipinski definition) is 5. The smallest absolute Gasteiger partial charge is 0.243 e. The number of aromatic nitrogens is 2. The molecule has 3 aromatic rings. The summed E-state index contributed by atoms with van der Waals surface area (Å²) in [6.07, 6.45) is 1.55. The monoisotopic (exact) mass is 445 g/mol. The van der Waals surface area contributed by atoms with Crippen molar-refractivity contribution in [2.24, 2.45) is 0 Å². The van der Waals surface area contributed by atoms with E-state index < -0.39 is 10.0 Å². The molecule has 4 rings (SSSR count). The third-order valence-corrected chi connectivity index (χ3v) is 7.59. The molecule has 8 heteroatoms. The molecule has 1 atom stereocenters. The van der Waals surface area contributed by atoms with Crippen LogP contribution in [0.25, 0.3) is 11.4 Å². The van der Waals surface area contributed by atoms with E-state index in [0.717, 1.165) is 24.0 Å². The summed E-state index contributed by atoms with van der Waals surface area (Å²) in [5.74, 6) is 1.17. The van der Waals surface area contributed by atoms with E-state index in [4.69, 9.17) is 16.1 Å². The molecule has 0 N–H and O–H groups in total. The number of piperidine rings is 1. The summed E-state index contributed by atoms with van der Waals surface area (Å²) < 4.78 is 33.3. The number of benzene rings is 2. The van der Waals surface area contributed by atoms with Gasteiger partial charge in [0.1, 0.15) is 0 Å². The van der Waals surface area contributed by atoms with Crippen LogP contribution in [0.3, 0.4) is 0 Å². The quantitative estimate of drug-likeness (QED) is 0.547. The van der Waals surface area contributed by atoms with Crippen LogP contribution in [-0.4, -0.2) is 36.0 Å². The Morgan fingerprint density at radius 3 is 2.47 bits per heavy atom. The molecule has 2 heterocycles. The van der Waals surface area contributed by atoms with Crippen LogP contribution in [0.1, 0.15) is 50.0 Å². The first kappa shape index (κ1) is 21.0. The van der Waals surface area contributed by atoms with E-state index in [1.165, 1.54) is 4.31 Å². The Morgan fingerprint density at radius 2 is 1.80 bits per heavy atom. The zero-order chi connectivity index (χ0) is 21.3. The van der Waals surface area contributed by atoms with Gasteiger partial charge in [0.25, 0.3) is 0 Å². The van der Waals surface area contributed by atoms with Crippen LogP contribution in [0.5, 0.6) is 0 Å². The second kappa shape index (κ2) is 8.49. The lowest BCUT2D eigenvalue weighted by Gasteiger charge is -2.30. The molecule has 1 unspecified atom stereocenters. The Kier molecular flexibility index (Phi) is 5.95. The molecule has 6 nitrogen and oxygen atoms in total. The second-order valence-corrected chi connectivity index (χ2v) is 10.3. The van der Waals surface area contributed by atoms with Crippen molar-refractivity contribution in [2.75, 3.05) is 13.1 Å². The van der Waals surface area contributed by atoms with Gasteiger partial charge in [0.2, 0.25) is 21.7 Å². The predicted octanol–water partition coefficient (Wildman–Crippen LogP) is 5.08. The first-order valence-electron chi connectivity index (χ1n) is 10.0. The fraction of sp³-hybridized carbons (Fsp3) is 0.364. The number of hydrogen-bond donors (Lipinski definition) is 0. The molecule has 0 amide bonds. The maximum Gasteiger partial charge on any atom is 0.243 e. The summed E-state index contributed by atoms with van der Waals surface area (Å²) in [6.45, 7) is 4.99. The Bertz CT molecular complexity index is 1110. The first-order valence-corrected chi connectivity index (χ1v) is 11.9. The van der Waals surface area contributed by atoms with Crippen molar-refractivity contribution in [3.05, 3.63) is 65.0 Å². The SMILES string of the molecule is CC(C)c1ccc(S(=O)(=O)N2CCCC(c3nc(-c4ccc(Cl)cc4)no3)C2)cc1. The number of halogens is 1. The van der Waals surface area contributed by atoms with Crippen molar-refractivity contribution in [1.82, 2.24) is 14.4 Å². The number of sulfonamides is 1. The van der Waals surface area contributed by atoms with E-state index in [9.17, 15) is 8.42 Å². The normalized spacial score (nSPS) is 18.1. The molecule has 0 aliphatic carbocycles. The molecule has 1 aliphatic heterocycles. The van der Waals surface area contributed by atoms with Crippen molar-refractivity contribution in [3.8, 4) is 11.4 Å². The highest BCUT2D eigenvalue weighted by Gasteiger charge is 2.33. The highest BCUT2D eigenvalue weighted by molar-refractivity contribution is 7.89. The zero-order valence-electron chi connectivity index (χ0n) is 17.0. The average Bonchev–Trinajstić information content (AvgIpc) is 3.25. The molecule has 1 saturated heterocycles. The lowest BCUT2D eigenvalue weighted by atomic mass is 10.00. The van der Waals surface area contributed by atoms with Crippen LogP contribution in [-0.2, 0) is 10.0 Å². The van der Waals surface area contributed by atoms with Gasteiger partial charge in [-0.05, 0) is 60.7 Å². The first-order chi connectivity index (χ1) is 14.3. The van der Waals surface area contributed by atoms with Gasteiger partial charge in [-0.3, -0.25) is 0 Å². The van der Waals surface area contributed by atoms with E-state index in [2.05, 4.69) is 24.0 Å². The Morgan fingerprint density at radius 1 is 1.10 bits per heavy atom. The Labute approximate surface area is 181 Å². The van der Waals surface area contributed by atoms with Crippen molar-refractivity contribution < 1.29 is 12.9 Å². The fourth-order valence-electron chi connectivity index (χ4n) is 3.65. The maximum absolute atomic E-state index is 13.2. The van der Waals surface area contributed by atoms with Gasteiger partial charge in [0.15, 0.2) is 0 Å². The summed E-state index contributed by atoms with van der Waals surface area (Å²) >= 11 is 5.93. The van der Waals surface area contributed by atoms with Crippen LogP contribution >= 0.6 is 11.6 Å². The van der Waals surface area contributed by atoms with Crippen LogP contribution < -0.4 is 0 Å². The minimum Gasteiger partial charge on any atom is -0.339 e. The molecule has 0 radical (unpaired) electrons. The molecule has 1 fully saturated rings. The molecular weight excluding hydrogens is 422 g/mol. The van der Waals surface area contributed by atoms with Gasteiger partial charge in [-0.15, -0.1) is 0 Å². The molecule has 2 aromatic carbocycles. The van der Waals surface area contributed by atoms with Gasteiger partial charge in [0, 0.05) is 23.7 Å². The van der Waals surface area contributed by atoms with Gasteiger partial charge >= 0.3 is 0 Å². The number of nitrogens with zero attached hydrogens (tertiary/aromatic N) is 3. The van der Waals surface area contributed by atoms with Gasteiger partial charge in [-0.25, -0.2) is 8.42 Å². The van der Waals surface area contributed by atoms with Gasteiger partial charge in [-0.2, -0.15) is 9.29 Å². The lowest BCUT2D eigenvalue weighted by molar-refractivity contribution is 0.265. The number of rotatable bonds is 5. The van der Waals surface area contributed by atoms with Gasteiger partial charge in [0.05, 0.1) is 10.8 Å². The topological polar surface area (TPSA) is 76.3 Å². The molecule has 30 heavy (non-hydrogen) atoms. The minimum atomic E-state index is -3.57. The van der Waals surface area contributed by atoms with Crippen molar-refractivity contribution in [2.45, 2.75) is 43.4 Å². The molecule has 158 valence electrons. The van der Waals surface area contributed by atoms with Crippen molar-refractivity contribution in [3.63, 3.8) is 0 Å². The molecule has 0 saturated carbocycles.